The van der Waals surface area contributed by atoms with Gasteiger partial charge < -0.3 is 14.6 Å². The molecule has 0 aliphatic carbocycles. The largest absolute Gasteiger partial charge is 0.496 e. The quantitative estimate of drug-likeness (QED) is 0.880. The number of nitrogens with one attached hydrogen (secondary N) is 1. The first kappa shape index (κ1) is 15.1. The summed E-state index contributed by atoms with van der Waals surface area (Å²) in [5.74, 6) is 1.95. The van der Waals surface area contributed by atoms with E-state index in [1.807, 2.05) is 25.5 Å². The molecule has 1 N–H and O–H groups in total. The number of hydrogen-bond donors (Lipinski definition) is 1. The molecule has 1 aromatic heterocycles. The fraction of sp³-hybridized carbons (Fsp3) is 0.400. The van der Waals surface area contributed by atoms with Gasteiger partial charge in [0.05, 0.1) is 11.6 Å². The minimum atomic E-state index is 0.289. The lowest BCUT2D eigenvalue weighted by Gasteiger charge is -2.15. The van der Waals surface area contributed by atoms with Gasteiger partial charge >= 0.3 is 0 Å². The van der Waals surface area contributed by atoms with Crippen LogP contribution >= 0.6 is 15.9 Å². The Bertz CT molecular complexity index is 568. The predicted molar refractivity (Wildman–Crippen MR) is 84.0 cm³/mol. The van der Waals surface area contributed by atoms with Crippen LogP contribution in [0.4, 0.5) is 0 Å². The number of halogens is 1. The summed E-state index contributed by atoms with van der Waals surface area (Å²) in [6, 6.07) is 6.45. The zero-order chi connectivity index (χ0) is 14.5. The molecule has 0 aliphatic heterocycles. The zero-order valence-corrected chi connectivity index (χ0v) is 13.6. The molecule has 0 aliphatic rings. The van der Waals surface area contributed by atoms with E-state index in [0.29, 0.717) is 0 Å². The molecule has 1 unspecified atom stereocenters. The molecular formula is C15H20BrN3O. The minimum absolute atomic E-state index is 0.289. The summed E-state index contributed by atoms with van der Waals surface area (Å²) < 4.78 is 8.28. The van der Waals surface area contributed by atoms with E-state index < -0.39 is 0 Å². The summed E-state index contributed by atoms with van der Waals surface area (Å²) in [6.45, 7) is 3.06. The Morgan fingerprint density at radius 2 is 2.25 bits per heavy atom. The fourth-order valence-electron chi connectivity index (χ4n) is 2.11. The second-order valence-corrected chi connectivity index (χ2v) is 5.63. The van der Waals surface area contributed by atoms with Crippen LogP contribution < -0.4 is 10.1 Å². The third kappa shape index (κ3) is 3.61. The van der Waals surface area contributed by atoms with E-state index in [2.05, 4.69) is 49.9 Å². The maximum Gasteiger partial charge on any atom is 0.133 e. The highest BCUT2D eigenvalue weighted by molar-refractivity contribution is 9.10. The Labute approximate surface area is 128 Å². The summed E-state index contributed by atoms with van der Waals surface area (Å²) in [6.07, 6.45) is 4.73. The van der Waals surface area contributed by atoms with Crippen molar-refractivity contribution >= 4 is 15.9 Å². The van der Waals surface area contributed by atoms with Gasteiger partial charge in [-0.05, 0) is 40.5 Å². The summed E-state index contributed by atoms with van der Waals surface area (Å²) in [4.78, 5) is 4.32. The van der Waals surface area contributed by atoms with Crippen LogP contribution in [0.1, 0.15) is 24.4 Å². The first-order valence-corrected chi connectivity index (χ1v) is 7.44. The lowest BCUT2D eigenvalue weighted by molar-refractivity contribution is 0.411. The molecule has 2 aromatic rings. The predicted octanol–water partition coefficient (Wildman–Crippen LogP) is 3.08. The molecule has 0 radical (unpaired) electrons. The number of methoxy groups -OCH3 is 1. The molecule has 1 aromatic carbocycles. The van der Waals surface area contributed by atoms with E-state index in [9.17, 15) is 0 Å². The zero-order valence-electron chi connectivity index (χ0n) is 12.1. The van der Waals surface area contributed by atoms with E-state index >= 15 is 0 Å². The Morgan fingerprint density at radius 3 is 2.85 bits per heavy atom. The molecule has 0 saturated heterocycles. The average Bonchev–Trinajstić information content (AvgIpc) is 2.84. The fourth-order valence-corrected chi connectivity index (χ4v) is 2.67. The van der Waals surface area contributed by atoms with E-state index in [1.165, 1.54) is 5.56 Å². The van der Waals surface area contributed by atoms with Gasteiger partial charge in [0.15, 0.2) is 0 Å². The van der Waals surface area contributed by atoms with E-state index in [1.54, 1.807) is 7.11 Å². The highest BCUT2D eigenvalue weighted by Crippen LogP contribution is 2.27. The molecule has 0 fully saturated rings. The maximum atomic E-state index is 5.24. The van der Waals surface area contributed by atoms with Crippen molar-refractivity contribution < 1.29 is 4.74 Å². The number of imidazole rings is 1. The minimum Gasteiger partial charge on any atom is -0.496 e. The van der Waals surface area contributed by atoms with Gasteiger partial charge in [-0.1, -0.05) is 6.07 Å². The van der Waals surface area contributed by atoms with Crippen molar-refractivity contribution in [3.8, 4) is 5.75 Å². The molecule has 2 rings (SSSR count). The van der Waals surface area contributed by atoms with Gasteiger partial charge in [0, 0.05) is 38.4 Å². The standard InChI is InChI=1S/C15H20BrN3O/c1-11(12-4-5-14(20-3)13(16)10-12)17-7-6-15-18-8-9-19(15)2/h4-5,8-11,17H,6-7H2,1-3H3. The van der Waals surface area contributed by atoms with Gasteiger partial charge in [-0.15, -0.1) is 0 Å². The molecule has 20 heavy (non-hydrogen) atoms. The molecule has 1 atom stereocenters. The number of aryl methyl sites for hydroxylation is 1. The summed E-state index contributed by atoms with van der Waals surface area (Å²) in [5, 5.41) is 3.51. The van der Waals surface area contributed by atoms with Crippen molar-refractivity contribution in [1.82, 2.24) is 14.9 Å². The second-order valence-electron chi connectivity index (χ2n) is 4.77. The van der Waals surface area contributed by atoms with Crippen LogP contribution in [0.15, 0.2) is 35.1 Å². The van der Waals surface area contributed by atoms with Gasteiger partial charge in [-0.3, -0.25) is 0 Å². The number of aromatic nitrogens is 2. The van der Waals surface area contributed by atoms with Gasteiger partial charge in [0.2, 0.25) is 0 Å². The van der Waals surface area contributed by atoms with Crippen molar-refractivity contribution in [3.63, 3.8) is 0 Å². The highest BCUT2D eigenvalue weighted by Gasteiger charge is 2.08. The summed E-state index contributed by atoms with van der Waals surface area (Å²) in [5.41, 5.74) is 1.23. The van der Waals surface area contributed by atoms with Gasteiger partial charge in [-0.2, -0.15) is 0 Å². The summed E-state index contributed by atoms with van der Waals surface area (Å²) >= 11 is 3.52. The van der Waals surface area contributed by atoms with Crippen LogP contribution in [-0.4, -0.2) is 23.2 Å². The Morgan fingerprint density at radius 1 is 1.45 bits per heavy atom. The Kier molecular flexibility index (Phi) is 5.20. The van der Waals surface area contributed by atoms with Crippen molar-refractivity contribution in [1.29, 1.82) is 0 Å². The van der Waals surface area contributed by atoms with E-state index in [0.717, 1.165) is 29.0 Å². The van der Waals surface area contributed by atoms with Crippen LogP contribution in [0.25, 0.3) is 0 Å². The van der Waals surface area contributed by atoms with Crippen LogP contribution in [-0.2, 0) is 13.5 Å². The number of rotatable bonds is 6. The van der Waals surface area contributed by atoms with Crippen LogP contribution in [0.2, 0.25) is 0 Å². The monoisotopic (exact) mass is 337 g/mol. The van der Waals surface area contributed by atoms with Crippen LogP contribution in [0.5, 0.6) is 5.75 Å². The van der Waals surface area contributed by atoms with E-state index in [4.69, 9.17) is 4.74 Å². The van der Waals surface area contributed by atoms with Gasteiger partial charge in [0.1, 0.15) is 11.6 Å². The maximum absolute atomic E-state index is 5.24. The Hall–Kier alpha value is -1.33. The third-order valence-electron chi connectivity index (χ3n) is 3.40. The van der Waals surface area contributed by atoms with Crippen molar-refractivity contribution in [2.75, 3.05) is 13.7 Å². The molecule has 0 bridgehead atoms. The lowest BCUT2D eigenvalue weighted by Crippen LogP contribution is -2.22. The smallest absolute Gasteiger partial charge is 0.133 e. The van der Waals surface area contributed by atoms with Crippen LogP contribution in [0, 0.1) is 0 Å². The summed E-state index contributed by atoms with van der Waals surface area (Å²) in [7, 11) is 3.70. The molecule has 0 spiro atoms. The number of ether oxygens (including phenoxy) is 1. The molecule has 0 amide bonds. The first-order chi connectivity index (χ1) is 9.61. The molecule has 1 heterocycles. The number of nitrogens with zero attached hydrogens (tertiary/aromatic N) is 2. The topological polar surface area (TPSA) is 39.1 Å². The molecule has 108 valence electrons. The number of benzene rings is 1. The SMILES string of the molecule is COc1ccc(C(C)NCCc2nccn2C)cc1Br. The molecular weight excluding hydrogens is 318 g/mol. The van der Waals surface area contributed by atoms with Gasteiger partial charge in [-0.25, -0.2) is 4.98 Å². The molecule has 4 nitrogen and oxygen atoms in total. The first-order valence-electron chi connectivity index (χ1n) is 6.65. The van der Waals surface area contributed by atoms with Crippen molar-refractivity contribution in [2.45, 2.75) is 19.4 Å². The van der Waals surface area contributed by atoms with E-state index in [-0.39, 0.29) is 6.04 Å². The van der Waals surface area contributed by atoms with Crippen molar-refractivity contribution in [2.24, 2.45) is 7.05 Å². The molecule has 5 heteroatoms. The van der Waals surface area contributed by atoms with Crippen LogP contribution in [0.3, 0.4) is 0 Å². The molecule has 0 saturated carbocycles. The number of hydrogen-bond acceptors (Lipinski definition) is 3. The van der Waals surface area contributed by atoms with Crippen molar-refractivity contribution in [3.05, 3.63) is 46.5 Å². The second kappa shape index (κ2) is 6.90. The Balaban J connectivity index is 1.90. The normalized spacial score (nSPS) is 12.4. The third-order valence-corrected chi connectivity index (χ3v) is 4.02. The van der Waals surface area contributed by atoms with Gasteiger partial charge in [0.25, 0.3) is 0 Å². The highest BCUT2D eigenvalue weighted by atomic mass is 79.9. The lowest BCUT2D eigenvalue weighted by atomic mass is 10.1. The average molecular weight is 338 g/mol.